The molecule has 0 saturated carbocycles. The standard InChI is InChI=1S/C15H33NO/c1-4-7-8-9-10-11-12-14-17-15-13-16(5-2)6-3/h4-15H2,1-3H3. The van der Waals surface area contributed by atoms with E-state index in [1.165, 1.54) is 44.9 Å². The maximum atomic E-state index is 5.65. The van der Waals surface area contributed by atoms with Crippen LogP contribution in [0.1, 0.15) is 65.7 Å². The molecule has 104 valence electrons. The normalized spacial score (nSPS) is 11.3. The van der Waals surface area contributed by atoms with E-state index in [2.05, 4.69) is 25.7 Å². The molecule has 0 aliphatic heterocycles. The Hall–Kier alpha value is -0.0800. The maximum absolute atomic E-state index is 5.65. The molecule has 0 rings (SSSR count). The molecule has 0 unspecified atom stereocenters. The monoisotopic (exact) mass is 243 g/mol. The topological polar surface area (TPSA) is 12.5 Å². The summed E-state index contributed by atoms with van der Waals surface area (Å²) in [6, 6.07) is 0. The molecule has 2 heteroatoms. The number of ether oxygens (including phenoxy) is 1. The predicted molar refractivity (Wildman–Crippen MR) is 76.6 cm³/mol. The van der Waals surface area contributed by atoms with Crippen molar-refractivity contribution >= 4 is 0 Å². The van der Waals surface area contributed by atoms with Crippen molar-refractivity contribution in [3.8, 4) is 0 Å². The highest BCUT2D eigenvalue weighted by molar-refractivity contribution is 4.50. The Balaban J connectivity index is 3.03. The number of hydrogen-bond acceptors (Lipinski definition) is 2. The van der Waals surface area contributed by atoms with E-state index in [9.17, 15) is 0 Å². The second kappa shape index (κ2) is 14.0. The van der Waals surface area contributed by atoms with Gasteiger partial charge in [0.1, 0.15) is 0 Å². The van der Waals surface area contributed by atoms with E-state index in [0.29, 0.717) is 0 Å². The van der Waals surface area contributed by atoms with Gasteiger partial charge in [-0.2, -0.15) is 0 Å². The summed E-state index contributed by atoms with van der Waals surface area (Å²) < 4.78 is 5.65. The Morgan fingerprint density at radius 3 is 1.88 bits per heavy atom. The van der Waals surface area contributed by atoms with E-state index in [0.717, 1.165) is 32.8 Å². The molecule has 0 aliphatic rings. The molecule has 0 saturated heterocycles. The van der Waals surface area contributed by atoms with E-state index in [-0.39, 0.29) is 0 Å². The third-order valence-corrected chi connectivity index (χ3v) is 3.34. The van der Waals surface area contributed by atoms with Crippen molar-refractivity contribution in [3.05, 3.63) is 0 Å². The van der Waals surface area contributed by atoms with E-state index in [1.54, 1.807) is 0 Å². The maximum Gasteiger partial charge on any atom is 0.0593 e. The van der Waals surface area contributed by atoms with E-state index < -0.39 is 0 Å². The Kier molecular flexibility index (Phi) is 13.9. The average molecular weight is 243 g/mol. The molecule has 17 heavy (non-hydrogen) atoms. The summed E-state index contributed by atoms with van der Waals surface area (Å²) in [7, 11) is 0. The molecule has 0 spiro atoms. The Morgan fingerprint density at radius 1 is 0.706 bits per heavy atom. The zero-order chi connectivity index (χ0) is 12.8. The van der Waals surface area contributed by atoms with Crippen molar-refractivity contribution in [2.75, 3.05) is 32.8 Å². The van der Waals surface area contributed by atoms with Crippen LogP contribution in [0, 0.1) is 0 Å². The lowest BCUT2D eigenvalue weighted by Crippen LogP contribution is -2.27. The molecule has 0 fully saturated rings. The van der Waals surface area contributed by atoms with Crippen LogP contribution in [-0.2, 0) is 4.74 Å². The molecule has 0 bridgehead atoms. The van der Waals surface area contributed by atoms with Crippen LogP contribution in [0.5, 0.6) is 0 Å². The molecule has 0 amide bonds. The fraction of sp³-hybridized carbons (Fsp3) is 1.00. The van der Waals surface area contributed by atoms with Crippen molar-refractivity contribution in [1.29, 1.82) is 0 Å². The molecular weight excluding hydrogens is 210 g/mol. The highest BCUT2D eigenvalue weighted by Gasteiger charge is 1.97. The summed E-state index contributed by atoms with van der Waals surface area (Å²) in [6.07, 6.45) is 9.54. The summed E-state index contributed by atoms with van der Waals surface area (Å²) >= 11 is 0. The van der Waals surface area contributed by atoms with E-state index in [4.69, 9.17) is 4.74 Å². The zero-order valence-electron chi connectivity index (χ0n) is 12.3. The minimum Gasteiger partial charge on any atom is -0.380 e. The highest BCUT2D eigenvalue weighted by atomic mass is 16.5. The lowest BCUT2D eigenvalue weighted by Gasteiger charge is -2.17. The first-order chi connectivity index (χ1) is 8.35. The third-order valence-electron chi connectivity index (χ3n) is 3.34. The first-order valence-corrected chi connectivity index (χ1v) is 7.65. The summed E-state index contributed by atoms with van der Waals surface area (Å²) in [5.41, 5.74) is 0. The Labute approximate surface area is 109 Å². The van der Waals surface area contributed by atoms with Gasteiger partial charge in [-0.1, -0.05) is 59.3 Å². The van der Waals surface area contributed by atoms with Gasteiger partial charge in [0.05, 0.1) is 6.61 Å². The van der Waals surface area contributed by atoms with Gasteiger partial charge >= 0.3 is 0 Å². The minimum atomic E-state index is 0.900. The molecular formula is C15H33NO. The summed E-state index contributed by atoms with van der Waals surface area (Å²) in [5, 5.41) is 0. The van der Waals surface area contributed by atoms with Crippen LogP contribution in [0.15, 0.2) is 0 Å². The fourth-order valence-corrected chi connectivity index (χ4v) is 2.00. The largest absolute Gasteiger partial charge is 0.380 e. The zero-order valence-corrected chi connectivity index (χ0v) is 12.3. The van der Waals surface area contributed by atoms with Gasteiger partial charge < -0.3 is 9.64 Å². The fourth-order valence-electron chi connectivity index (χ4n) is 2.00. The summed E-state index contributed by atoms with van der Waals surface area (Å²) in [4.78, 5) is 2.41. The van der Waals surface area contributed by atoms with Gasteiger partial charge in [0.15, 0.2) is 0 Å². The van der Waals surface area contributed by atoms with Crippen LogP contribution in [-0.4, -0.2) is 37.7 Å². The highest BCUT2D eigenvalue weighted by Crippen LogP contribution is 2.06. The van der Waals surface area contributed by atoms with Crippen LogP contribution in [0.25, 0.3) is 0 Å². The van der Waals surface area contributed by atoms with Crippen LogP contribution in [0.4, 0.5) is 0 Å². The molecule has 0 heterocycles. The van der Waals surface area contributed by atoms with Gasteiger partial charge in [-0.05, 0) is 19.5 Å². The van der Waals surface area contributed by atoms with Gasteiger partial charge in [-0.3, -0.25) is 0 Å². The SMILES string of the molecule is CCCCCCCCCOCCN(CC)CC. The van der Waals surface area contributed by atoms with Crippen LogP contribution >= 0.6 is 0 Å². The van der Waals surface area contributed by atoms with Crippen LogP contribution in [0.3, 0.4) is 0 Å². The second-order valence-electron chi connectivity index (χ2n) is 4.76. The van der Waals surface area contributed by atoms with Crippen molar-refractivity contribution < 1.29 is 4.74 Å². The van der Waals surface area contributed by atoms with Crippen LogP contribution in [0.2, 0.25) is 0 Å². The van der Waals surface area contributed by atoms with Gasteiger partial charge in [0.2, 0.25) is 0 Å². The van der Waals surface area contributed by atoms with Crippen molar-refractivity contribution in [1.82, 2.24) is 4.90 Å². The van der Waals surface area contributed by atoms with E-state index in [1.807, 2.05) is 0 Å². The van der Waals surface area contributed by atoms with Gasteiger partial charge in [0, 0.05) is 13.2 Å². The molecule has 0 aromatic rings. The first-order valence-electron chi connectivity index (χ1n) is 7.65. The molecule has 0 aliphatic carbocycles. The molecule has 0 aromatic carbocycles. The third kappa shape index (κ3) is 12.2. The van der Waals surface area contributed by atoms with Gasteiger partial charge in [0.25, 0.3) is 0 Å². The smallest absolute Gasteiger partial charge is 0.0593 e. The summed E-state index contributed by atoms with van der Waals surface area (Å²) in [6.45, 7) is 11.9. The molecule has 0 radical (unpaired) electrons. The number of likely N-dealkylation sites (N-methyl/N-ethyl adjacent to an activating group) is 1. The predicted octanol–water partition coefficient (Wildman–Crippen LogP) is 4.10. The van der Waals surface area contributed by atoms with Gasteiger partial charge in [-0.25, -0.2) is 0 Å². The van der Waals surface area contributed by atoms with Gasteiger partial charge in [-0.15, -0.1) is 0 Å². The Morgan fingerprint density at radius 2 is 1.29 bits per heavy atom. The number of nitrogens with zero attached hydrogens (tertiary/aromatic N) is 1. The second-order valence-corrected chi connectivity index (χ2v) is 4.76. The molecule has 0 N–H and O–H groups in total. The molecule has 0 atom stereocenters. The van der Waals surface area contributed by atoms with E-state index >= 15 is 0 Å². The van der Waals surface area contributed by atoms with Crippen LogP contribution < -0.4 is 0 Å². The quantitative estimate of drug-likeness (QED) is 0.452. The number of unbranched alkanes of at least 4 members (excludes halogenated alkanes) is 6. The molecule has 2 nitrogen and oxygen atoms in total. The lowest BCUT2D eigenvalue weighted by molar-refractivity contribution is 0.104. The number of rotatable bonds is 13. The van der Waals surface area contributed by atoms with Crippen molar-refractivity contribution in [2.24, 2.45) is 0 Å². The first kappa shape index (κ1) is 16.9. The average Bonchev–Trinajstić information content (AvgIpc) is 2.36. The van der Waals surface area contributed by atoms with Crippen molar-refractivity contribution in [2.45, 2.75) is 65.7 Å². The molecule has 0 aromatic heterocycles. The lowest BCUT2D eigenvalue weighted by atomic mass is 10.1. The number of hydrogen-bond donors (Lipinski definition) is 0. The summed E-state index contributed by atoms with van der Waals surface area (Å²) in [5.74, 6) is 0. The minimum absolute atomic E-state index is 0.900. The van der Waals surface area contributed by atoms with Crippen molar-refractivity contribution in [3.63, 3.8) is 0 Å². The Bertz CT molecular complexity index is 135.